The lowest BCUT2D eigenvalue weighted by Gasteiger charge is -2.31. The Balaban J connectivity index is 1.45. The molecule has 0 bridgehead atoms. The van der Waals surface area contributed by atoms with E-state index in [9.17, 15) is 19.1 Å². The van der Waals surface area contributed by atoms with Gasteiger partial charge in [-0.2, -0.15) is 0 Å². The number of hydrogen-bond donors (Lipinski definition) is 1. The lowest BCUT2D eigenvalue weighted by atomic mass is 9.80. The van der Waals surface area contributed by atoms with Crippen molar-refractivity contribution in [1.29, 1.82) is 0 Å². The summed E-state index contributed by atoms with van der Waals surface area (Å²) in [5.74, 6) is -0.289. The average molecular weight is 444 g/mol. The summed E-state index contributed by atoms with van der Waals surface area (Å²) in [6.07, 6.45) is 4.04. The molecule has 1 amide bonds. The third-order valence-corrected chi connectivity index (χ3v) is 6.64. The second kappa shape index (κ2) is 9.71. The van der Waals surface area contributed by atoms with Crippen molar-refractivity contribution in [3.63, 3.8) is 0 Å². The van der Waals surface area contributed by atoms with Crippen molar-refractivity contribution in [3.8, 4) is 5.88 Å². The first-order chi connectivity index (χ1) is 15.4. The molecule has 32 heavy (non-hydrogen) atoms. The van der Waals surface area contributed by atoms with Crippen LogP contribution in [0.3, 0.4) is 0 Å². The number of carboxylic acids is 1. The molecule has 2 heterocycles. The third-order valence-electron chi connectivity index (χ3n) is 6.64. The molecule has 7 nitrogen and oxygen atoms in total. The van der Waals surface area contributed by atoms with Crippen molar-refractivity contribution in [3.05, 3.63) is 46.9 Å². The molecule has 1 aromatic heterocycles. The normalized spacial score (nSPS) is 20.6. The van der Waals surface area contributed by atoms with Crippen LogP contribution in [0, 0.1) is 17.7 Å². The van der Waals surface area contributed by atoms with Gasteiger partial charge in [0.1, 0.15) is 5.82 Å². The van der Waals surface area contributed by atoms with Gasteiger partial charge in [-0.15, -0.1) is 5.10 Å². The summed E-state index contributed by atoms with van der Waals surface area (Å²) in [7, 11) is 0. The number of halogens is 1. The standard InChI is InChI=1S/C24H30FN3O4/c1-2-32-23-20-11-12-27(22(29)13-16-3-7-18(8-4-16)24(30)31)15-21(20)28(26-23)14-17-5-9-19(25)10-6-17/h5-6,9-10,16,18H,2-4,7-8,11-15H2,1H3,(H,30,31)/t16-,18-. The SMILES string of the molecule is CCOc1nn(Cc2ccc(F)cc2)c2c1CCN(C(=O)C[C@H]1CC[C@H](C(=O)O)CC1)C2. The van der Waals surface area contributed by atoms with E-state index < -0.39 is 5.97 Å². The molecule has 1 aliphatic heterocycles. The van der Waals surface area contributed by atoms with Gasteiger partial charge < -0.3 is 14.7 Å². The molecule has 2 aliphatic rings. The zero-order valence-corrected chi connectivity index (χ0v) is 18.4. The number of carbonyl (C=O) groups is 2. The van der Waals surface area contributed by atoms with Crippen molar-refractivity contribution in [2.45, 2.75) is 58.5 Å². The summed E-state index contributed by atoms with van der Waals surface area (Å²) in [5, 5.41) is 13.8. The van der Waals surface area contributed by atoms with Crippen LogP contribution in [0.5, 0.6) is 5.88 Å². The summed E-state index contributed by atoms with van der Waals surface area (Å²) < 4.78 is 20.9. The van der Waals surface area contributed by atoms with Gasteiger partial charge >= 0.3 is 5.97 Å². The van der Waals surface area contributed by atoms with Gasteiger partial charge in [-0.3, -0.25) is 14.3 Å². The fourth-order valence-electron chi connectivity index (χ4n) is 4.79. The van der Waals surface area contributed by atoms with Crippen molar-refractivity contribution < 1.29 is 23.8 Å². The Kier molecular flexibility index (Phi) is 6.77. The highest BCUT2D eigenvalue weighted by molar-refractivity contribution is 5.77. The molecule has 1 N–H and O–H groups in total. The monoisotopic (exact) mass is 443 g/mol. The summed E-state index contributed by atoms with van der Waals surface area (Å²) in [4.78, 5) is 26.1. The molecule has 8 heteroatoms. The van der Waals surface area contributed by atoms with E-state index in [4.69, 9.17) is 4.74 Å². The lowest BCUT2D eigenvalue weighted by Crippen LogP contribution is -2.38. The Bertz CT molecular complexity index is 964. The van der Waals surface area contributed by atoms with Crippen LogP contribution in [0.2, 0.25) is 0 Å². The number of nitrogens with zero attached hydrogens (tertiary/aromatic N) is 3. The summed E-state index contributed by atoms with van der Waals surface area (Å²) in [6, 6.07) is 6.35. The second-order valence-electron chi connectivity index (χ2n) is 8.77. The van der Waals surface area contributed by atoms with Crippen LogP contribution in [0.25, 0.3) is 0 Å². The first-order valence-electron chi connectivity index (χ1n) is 11.4. The van der Waals surface area contributed by atoms with E-state index in [0.717, 1.165) is 29.7 Å². The van der Waals surface area contributed by atoms with E-state index in [2.05, 4.69) is 5.10 Å². The van der Waals surface area contributed by atoms with Crippen molar-refractivity contribution >= 4 is 11.9 Å². The molecular weight excluding hydrogens is 413 g/mol. The minimum Gasteiger partial charge on any atom is -0.481 e. The number of aliphatic carboxylic acids is 1. The number of carbonyl (C=O) groups excluding carboxylic acids is 1. The van der Waals surface area contributed by atoms with Crippen molar-refractivity contribution in [2.24, 2.45) is 11.8 Å². The summed E-state index contributed by atoms with van der Waals surface area (Å²) in [5.41, 5.74) is 2.94. The number of ether oxygens (including phenoxy) is 1. The number of amides is 1. The Morgan fingerprint density at radius 1 is 1.19 bits per heavy atom. The summed E-state index contributed by atoms with van der Waals surface area (Å²) in [6.45, 7) is 4.01. The van der Waals surface area contributed by atoms with E-state index in [-0.39, 0.29) is 23.6 Å². The first kappa shape index (κ1) is 22.3. The molecular formula is C24H30FN3O4. The van der Waals surface area contributed by atoms with Gasteiger partial charge in [0.25, 0.3) is 0 Å². The molecule has 1 aromatic carbocycles. The van der Waals surface area contributed by atoms with Gasteiger partial charge in [0.2, 0.25) is 11.8 Å². The maximum absolute atomic E-state index is 13.3. The lowest BCUT2D eigenvalue weighted by molar-refractivity contribution is -0.143. The number of carboxylic acid groups (broad SMARTS) is 1. The van der Waals surface area contributed by atoms with Crippen molar-refractivity contribution in [1.82, 2.24) is 14.7 Å². The maximum atomic E-state index is 13.3. The van der Waals surface area contributed by atoms with E-state index in [1.807, 2.05) is 16.5 Å². The van der Waals surface area contributed by atoms with Crippen LogP contribution in [-0.4, -0.2) is 44.8 Å². The minimum absolute atomic E-state index is 0.113. The number of fused-ring (bicyclic) bond motifs is 1. The highest BCUT2D eigenvalue weighted by Gasteiger charge is 2.31. The van der Waals surface area contributed by atoms with Gasteiger partial charge in [0.15, 0.2) is 0 Å². The largest absolute Gasteiger partial charge is 0.481 e. The minimum atomic E-state index is -0.724. The van der Waals surface area contributed by atoms with Crippen LogP contribution < -0.4 is 4.74 Å². The Labute approximate surface area is 187 Å². The second-order valence-corrected chi connectivity index (χ2v) is 8.77. The van der Waals surface area contributed by atoms with Crippen LogP contribution >= 0.6 is 0 Å². The van der Waals surface area contributed by atoms with Gasteiger partial charge in [0.05, 0.1) is 31.3 Å². The van der Waals surface area contributed by atoms with E-state index in [0.29, 0.717) is 57.8 Å². The zero-order valence-electron chi connectivity index (χ0n) is 18.4. The zero-order chi connectivity index (χ0) is 22.7. The van der Waals surface area contributed by atoms with Gasteiger partial charge in [-0.1, -0.05) is 12.1 Å². The molecule has 0 radical (unpaired) electrons. The molecule has 1 fully saturated rings. The van der Waals surface area contributed by atoms with Gasteiger partial charge in [0, 0.05) is 18.5 Å². The van der Waals surface area contributed by atoms with E-state index >= 15 is 0 Å². The number of benzene rings is 1. The predicted octanol–water partition coefficient (Wildman–Crippen LogP) is 3.64. The summed E-state index contributed by atoms with van der Waals surface area (Å²) >= 11 is 0. The molecule has 2 aromatic rings. The molecule has 0 spiro atoms. The Morgan fingerprint density at radius 3 is 2.56 bits per heavy atom. The quantitative estimate of drug-likeness (QED) is 0.706. The number of hydrogen-bond acceptors (Lipinski definition) is 4. The number of rotatable bonds is 7. The fourth-order valence-corrected chi connectivity index (χ4v) is 4.79. The fraction of sp³-hybridized carbons (Fsp3) is 0.542. The van der Waals surface area contributed by atoms with Gasteiger partial charge in [-0.05, 0) is 62.6 Å². The van der Waals surface area contributed by atoms with Crippen LogP contribution in [0.1, 0.15) is 55.8 Å². The smallest absolute Gasteiger partial charge is 0.306 e. The topological polar surface area (TPSA) is 84.7 Å². The predicted molar refractivity (Wildman–Crippen MR) is 116 cm³/mol. The van der Waals surface area contributed by atoms with Crippen molar-refractivity contribution in [2.75, 3.05) is 13.2 Å². The molecule has 0 atom stereocenters. The van der Waals surface area contributed by atoms with E-state index in [1.54, 1.807) is 12.1 Å². The molecule has 172 valence electrons. The van der Waals surface area contributed by atoms with Crippen LogP contribution in [-0.2, 0) is 29.1 Å². The van der Waals surface area contributed by atoms with Crippen LogP contribution in [0.4, 0.5) is 4.39 Å². The molecule has 1 saturated carbocycles. The molecule has 0 unspecified atom stereocenters. The molecule has 4 rings (SSSR count). The maximum Gasteiger partial charge on any atom is 0.306 e. The van der Waals surface area contributed by atoms with Gasteiger partial charge in [-0.25, -0.2) is 4.39 Å². The Hall–Kier alpha value is -2.90. The number of aromatic nitrogens is 2. The molecule has 1 aliphatic carbocycles. The molecule has 0 saturated heterocycles. The first-order valence-corrected chi connectivity index (χ1v) is 11.4. The van der Waals surface area contributed by atoms with E-state index in [1.165, 1.54) is 12.1 Å². The highest BCUT2D eigenvalue weighted by atomic mass is 19.1. The highest BCUT2D eigenvalue weighted by Crippen LogP contribution is 2.33. The van der Waals surface area contributed by atoms with Crippen LogP contribution in [0.15, 0.2) is 24.3 Å². The third kappa shape index (κ3) is 4.95. The average Bonchev–Trinajstić information content (AvgIpc) is 3.12. The Morgan fingerprint density at radius 2 is 1.91 bits per heavy atom.